The lowest BCUT2D eigenvalue weighted by molar-refractivity contribution is 0.590. The van der Waals surface area contributed by atoms with Crippen LogP contribution in [0.25, 0.3) is 10.1 Å². The molecule has 5 heteroatoms. The van der Waals surface area contributed by atoms with Crippen molar-refractivity contribution in [2.75, 3.05) is 31.1 Å². The molecule has 1 aromatic heterocycles. The van der Waals surface area contributed by atoms with E-state index in [-0.39, 0.29) is 18.2 Å². The predicted octanol–water partition coefficient (Wildman–Crippen LogP) is 2.87. The summed E-state index contributed by atoms with van der Waals surface area (Å²) < 4.78 is 14.1. The van der Waals surface area contributed by atoms with Gasteiger partial charge in [-0.25, -0.2) is 4.39 Å². The molecule has 3 rings (SSSR count). The SMILES string of the molecule is Cl.Fc1ccc2c(N3CCNCC3)csc2c1. The molecule has 0 atom stereocenters. The molecule has 2 heterocycles. The van der Waals surface area contributed by atoms with Gasteiger partial charge in [-0.2, -0.15) is 0 Å². The number of fused-ring (bicyclic) bond motifs is 1. The first kappa shape index (κ1) is 12.6. The number of rotatable bonds is 1. The van der Waals surface area contributed by atoms with Crippen LogP contribution in [0.15, 0.2) is 23.6 Å². The number of hydrogen-bond donors (Lipinski definition) is 1. The highest BCUT2D eigenvalue weighted by Gasteiger charge is 2.14. The highest BCUT2D eigenvalue weighted by Crippen LogP contribution is 2.33. The van der Waals surface area contributed by atoms with Crippen LogP contribution in [0.2, 0.25) is 0 Å². The minimum atomic E-state index is -0.152. The number of hydrogen-bond acceptors (Lipinski definition) is 3. The van der Waals surface area contributed by atoms with Gasteiger partial charge in [0.1, 0.15) is 5.82 Å². The maximum atomic E-state index is 13.1. The van der Waals surface area contributed by atoms with Crippen molar-refractivity contribution in [2.24, 2.45) is 0 Å². The minimum absolute atomic E-state index is 0. The van der Waals surface area contributed by atoms with Gasteiger partial charge in [0.2, 0.25) is 0 Å². The van der Waals surface area contributed by atoms with E-state index in [1.165, 1.54) is 11.1 Å². The second-order valence-electron chi connectivity index (χ2n) is 4.00. The Kier molecular flexibility index (Phi) is 3.86. The summed E-state index contributed by atoms with van der Waals surface area (Å²) in [7, 11) is 0. The average Bonchev–Trinajstić information content (AvgIpc) is 2.73. The molecule has 0 saturated carbocycles. The van der Waals surface area contributed by atoms with E-state index < -0.39 is 0 Å². The van der Waals surface area contributed by atoms with Gasteiger partial charge in [0, 0.05) is 41.6 Å². The zero-order chi connectivity index (χ0) is 11.0. The highest BCUT2D eigenvalue weighted by atomic mass is 35.5. The molecule has 0 unspecified atom stereocenters. The number of benzene rings is 1. The van der Waals surface area contributed by atoms with Gasteiger partial charge in [-0.3, -0.25) is 0 Å². The molecule has 1 aromatic carbocycles. The van der Waals surface area contributed by atoms with Gasteiger partial charge >= 0.3 is 0 Å². The molecule has 1 aliphatic heterocycles. The van der Waals surface area contributed by atoms with Crippen molar-refractivity contribution in [2.45, 2.75) is 0 Å². The Morgan fingerprint density at radius 1 is 1.24 bits per heavy atom. The summed E-state index contributed by atoms with van der Waals surface area (Å²) in [6.45, 7) is 4.11. The van der Waals surface area contributed by atoms with Crippen LogP contribution in [0.5, 0.6) is 0 Å². The Morgan fingerprint density at radius 3 is 2.76 bits per heavy atom. The van der Waals surface area contributed by atoms with Gasteiger partial charge in [-0.1, -0.05) is 0 Å². The number of nitrogens with zero attached hydrogens (tertiary/aromatic N) is 1. The van der Waals surface area contributed by atoms with Crippen molar-refractivity contribution in [3.05, 3.63) is 29.4 Å². The molecule has 92 valence electrons. The van der Waals surface area contributed by atoms with Gasteiger partial charge < -0.3 is 10.2 Å². The summed E-state index contributed by atoms with van der Waals surface area (Å²) >= 11 is 1.62. The van der Waals surface area contributed by atoms with Crippen LogP contribution in [0, 0.1) is 5.82 Å². The molecule has 1 aliphatic rings. The van der Waals surface area contributed by atoms with Crippen LogP contribution in [-0.2, 0) is 0 Å². The molecular weight excluding hydrogens is 259 g/mol. The monoisotopic (exact) mass is 272 g/mol. The van der Waals surface area contributed by atoms with Crippen LogP contribution in [0.1, 0.15) is 0 Å². The number of nitrogens with one attached hydrogen (secondary N) is 1. The molecule has 1 saturated heterocycles. The summed E-state index contributed by atoms with van der Waals surface area (Å²) in [6.07, 6.45) is 0. The lowest BCUT2D eigenvalue weighted by Crippen LogP contribution is -2.43. The van der Waals surface area contributed by atoms with E-state index in [0.29, 0.717) is 0 Å². The second kappa shape index (κ2) is 5.21. The van der Waals surface area contributed by atoms with Crippen LogP contribution in [0.3, 0.4) is 0 Å². The zero-order valence-corrected chi connectivity index (χ0v) is 10.9. The van der Waals surface area contributed by atoms with Crippen LogP contribution < -0.4 is 10.2 Å². The fraction of sp³-hybridized carbons (Fsp3) is 0.333. The van der Waals surface area contributed by atoms with E-state index in [0.717, 1.165) is 30.9 Å². The Bertz CT molecular complexity index is 508. The maximum Gasteiger partial charge on any atom is 0.124 e. The quantitative estimate of drug-likeness (QED) is 0.859. The standard InChI is InChI=1S/C12H13FN2S.ClH/c13-9-1-2-10-11(8-16-12(10)7-9)15-5-3-14-4-6-15;/h1-2,7-8,14H,3-6H2;1H. The Labute approximate surface area is 110 Å². The number of anilines is 1. The van der Waals surface area contributed by atoms with Crippen molar-refractivity contribution >= 4 is 39.5 Å². The highest BCUT2D eigenvalue weighted by molar-refractivity contribution is 7.17. The fourth-order valence-electron chi connectivity index (χ4n) is 2.14. The van der Waals surface area contributed by atoms with Crippen molar-refractivity contribution in [3.8, 4) is 0 Å². The smallest absolute Gasteiger partial charge is 0.124 e. The molecule has 0 amide bonds. The Hall–Kier alpha value is -0.840. The average molecular weight is 273 g/mol. The van der Waals surface area contributed by atoms with Gasteiger partial charge in [0.15, 0.2) is 0 Å². The molecule has 0 bridgehead atoms. The topological polar surface area (TPSA) is 15.3 Å². The fourth-order valence-corrected chi connectivity index (χ4v) is 3.13. The summed E-state index contributed by atoms with van der Waals surface area (Å²) in [6, 6.07) is 5.05. The van der Waals surface area contributed by atoms with Crippen LogP contribution in [0.4, 0.5) is 10.1 Å². The zero-order valence-electron chi connectivity index (χ0n) is 9.28. The van der Waals surface area contributed by atoms with Crippen molar-refractivity contribution in [1.82, 2.24) is 5.32 Å². The molecule has 1 fully saturated rings. The molecule has 2 aromatic rings. The first-order valence-electron chi connectivity index (χ1n) is 5.47. The molecule has 0 spiro atoms. The molecule has 0 aliphatic carbocycles. The largest absolute Gasteiger partial charge is 0.368 e. The summed E-state index contributed by atoms with van der Waals surface area (Å²) in [5.74, 6) is -0.152. The third-order valence-electron chi connectivity index (χ3n) is 2.97. The van der Waals surface area contributed by atoms with Crippen molar-refractivity contribution in [1.29, 1.82) is 0 Å². The Morgan fingerprint density at radius 2 is 2.00 bits per heavy atom. The number of piperazine rings is 1. The van der Waals surface area contributed by atoms with Gasteiger partial charge in [0.05, 0.1) is 5.69 Å². The second-order valence-corrected chi connectivity index (χ2v) is 4.91. The maximum absolute atomic E-state index is 13.1. The first-order valence-corrected chi connectivity index (χ1v) is 6.35. The molecule has 0 radical (unpaired) electrons. The van der Waals surface area contributed by atoms with Crippen LogP contribution >= 0.6 is 23.7 Å². The summed E-state index contributed by atoms with van der Waals surface area (Å²) in [5.41, 5.74) is 1.25. The van der Waals surface area contributed by atoms with Gasteiger partial charge in [-0.05, 0) is 18.2 Å². The van der Waals surface area contributed by atoms with E-state index in [9.17, 15) is 4.39 Å². The van der Waals surface area contributed by atoms with E-state index in [4.69, 9.17) is 0 Å². The third kappa shape index (κ3) is 2.39. The molecule has 1 N–H and O–H groups in total. The lowest BCUT2D eigenvalue weighted by atomic mass is 10.2. The van der Waals surface area contributed by atoms with E-state index in [1.54, 1.807) is 23.5 Å². The number of halogens is 2. The van der Waals surface area contributed by atoms with E-state index in [1.807, 2.05) is 6.07 Å². The molecule has 17 heavy (non-hydrogen) atoms. The summed E-state index contributed by atoms with van der Waals surface area (Å²) in [5, 5.41) is 6.64. The lowest BCUT2D eigenvalue weighted by Gasteiger charge is -2.28. The van der Waals surface area contributed by atoms with Crippen molar-refractivity contribution in [3.63, 3.8) is 0 Å². The summed E-state index contributed by atoms with van der Waals surface area (Å²) in [4.78, 5) is 2.37. The molecule has 2 nitrogen and oxygen atoms in total. The van der Waals surface area contributed by atoms with Gasteiger partial charge in [0.25, 0.3) is 0 Å². The number of thiophene rings is 1. The minimum Gasteiger partial charge on any atom is -0.368 e. The van der Waals surface area contributed by atoms with Crippen molar-refractivity contribution < 1.29 is 4.39 Å². The normalized spacial score (nSPS) is 15.9. The first-order chi connectivity index (χ1) is 7.84. The molecular formula is C12H14ClFN2S. The third-order valence-corrected chi connectivity index (χ3v) is 3.91. The van der Waals surface area contributed by atoms with Crippen LogP contribution in [-0.4, -0.2) is 26.2 Å². The van der Waals surface area contributed by atoms with E-state index in [2.05, 4.69) is 15.6 Å². The Balaban J connectivity index is 0.00000108. The van der Waals surface area contributed by atoms with Gasteiger partial charge in [-0.15, -0.1) is 23.7 Å². The predicted molar refractivity (Wildman–Crippen MR) is 74.1 cm³/mol. The van der Waals surface area contributed by atoms with E-state index >= 15 is 0 Å².